The summed E-state index contributed by atoms with van der Waals surface area (Å²) in [4.78, 5) is 0.0414. The van der Waals surface area contributed by atoms with E-state index in [9.17, 15) is 25.6 Å². The molecule has 6 nitrogen and oxygen atoms in total. The zero-order valence-corrected chi connectivity index (χ0v) is 17.4. The van der Waals surface area contributed by atoms with Crippen molar-refractivity contribution in [2.45, 2.75) is 41.9 Å². The molecule has 2 aromatic carbocycles. The lowest BCUT2D eigenvalue weighted by atomic mass is 10.1. The Morgan fingerprint density at radius 1 is 0.552 bits per heavy atom. The van der Waals surface area contributed by atoms with Gasteiger partial charge in [0, 0.05) is 13.1 Å². The van der Waals surface area contributed by atoms with E-state index in [-0.39, 0.29) is 22.9 Å². The van der Waals surface area contributed by atoms with Gasteiger partial charge in [0.15, 0.2) is 0 Å². The molecule has 0 aliphatic carbocycles. The van der Waals surface area contributed by atoms with Gasteiger partial charge in [-0.1, -0.05) is 19.3 Å². The SMILES string of the molecule is O=S(=O)(NCCCCCCCNS(=O)(=O)c1ccc(F)cc1)c1ccc(F)cc1. The van der Waals surface area contributed by atoms with E-state index < -0.39 is 31.7 Å². The monoisotopic (exact) mass is 446 g/mol. The Morgan fingerprint density at radius 2 is 0.862 bits per heavy atom. The van der Waals surface area contributed by atoms with Gasteiger partial charge >= 0.3 is 0 Å². The summed E-state index contributed by atoms with van der Waals surface area (Å²) < 4.78 is 78.8. The van der Waals surface area contributed by atoms with Crippen LogP contribution in [0.5, 0.6) is 0 Å². The van der Waals surface area contributed by atoms with Gasteiger partial charge in [-0.3, -0.25) is 0 Å². The lowest BCUT2D eigenvalue weighted by Gasteiger charge is -2.08. The Hall–Kier alpha value is -1.88. The van der Waals surface area contributed by atoms with Gasteiger partial charge in [-0.15, -0.1) is 0 Å². The van der Waals surface area contributed by atoms with Crippen LogP contribution in [0.3, 0.4) is 0 Å². The summed E-state index contributed by atoms with van der Waals surface area (Å²) in [5.41, 5.74) is 0. The summed E-state index contributed by atoms with van der Waals surface area (Å²) in [5.74, 6) is -0.993. The average Bonchev–Trinajstić information content (AvgIpc) is 2.67. The van der Waals surface area contributed by atoms with Crippen molar-refractivity contribution in [3.8, 4) is 0 Å². The molecule has 0 aromatic heterocycles. The molecule has 0 aliphatic rings. The minimum Gasteiger partial charge on any atom is -0.211 e. The second-order valence-corrected chi connectivity index (χ2v) is 10.0. The van der Waals surface area contributed by atoms with Crippen molar-refractivity contribution < 1.29 is 25.6 Å². The van der Waals surface area contributed by atoms with E-state index in [1.165, 1.54) is 24.3 Å². The normalized spacial score (nSPS) is 12.2. The third-order valence-electron chi connectivity index (χ3n) is 4.19. The molecular formula is C19H24F2N2O4S2. The lowest BCUT2D eigenvalue weighted by molar-refractivity contribution is 0.562. The highest BCUT2D eigenvalue weighted by molar-refractivity contribution is 7.89. The van der Waals surface area contributed by atoms with E-state index in [0.717, 1.165) is 43.5 Å². The van der Waals surface area contributed by atoms with Gasteiger partial charge in [-0.2, -0.15) is 0 Å². The zero-order valence-electron chi connectivity index (χ0n) is 15.8. The lowest BCUT2D eigenvalue weighted by Crippen LogP contribution is -2.25. The molecular weight excluding hydrogens is 422 g/mol. The number of hydrogen-bond donors (Lipinski definition) is 2. The molecule has 0 unspecified atom stereocenters. The first-order valence-corrected chi connectivity index (χ1v) is 12.2. The van der Waals surface area contributed by atoms with Crippen molar-refractivity contribution in [2.75, 3.05) is 13.1 Å². The molecule has 0 aliphatic heterocycles. The van der Waals surface area contributed by atoms with Crippen molar-refractivity contribution in [3.05, 3.63) is 60.2 Å². The maximum absolute atomic E-state index is 12.9. The fourth-order valence-electron chi connectivity index (χ4n) is 2.59. The van der Waals surface area contributed by atoms with Gasteiger partial charge < -0.3 is 0 Å². The Labute approximate surface area is 170 Å². The minimum absolute atomic E-state index is 0.0207. The van der Waals surface area contributed by atoms with Gasteiger partial charge in [0.2, 0.25) is 20.0 Å². The fraction of sp³-hybridized carbons (Fsp3) is 0.368. The van der Waals surface area contributed by atoms with E-state index >= 15 is 0 Å². The van der Waals surface area contributed by atoms with Crippen molar-refractivity contribution >= 4 is 20.0 Å². The molecule has 160 valence electrons. The summed E-state index contributed by atoms with van der Waals surface area (Å²) in [6.07, 6.45) is 3.69. The molecule has 0 fully saturated rings. The second-order valence-electron chi connectivity index (χ2n) is 6.47. The summed E-state index contributed by atoms with van der Waals surface area (Å²) in [5, 5.41) is 0. The van der Waals surface area contributed by atoms with Crippen LogP contribution in [-0.4, -0.2) is 29.9 Å². The number of rotatable bonds is 12. The van der Waals surface area contributed by atoms with Crippen LogP contribution in [0.1, 0.15) is 32.1 Å². The number of hydrogen-bond acceptors (Lipinski definition) is 4. The summed E-state index contributed by atoms with van der Waals surface area (Å²) in [6.45, 7) is 0.549. The largest absolute Gasteiger partial charge is 0.240 e. The molecule has 0 saturated heterocycles. The molecule has 0 atom stereocenters. The van der Waals surface area contributed by atoms with E-state index in [0.29, 0.717) is 12.8 Å². The van der Waals surface area contributed by atoms with Gasteiger partial charge in [0.1, 0.15) is 11.6 Å². The van der Waals surface area contributed by atoms with Crippen molar-refractivity contribution in [1.82, 2.24) is 9.44 Å². The maximum atomic E-state index is 12.9. The van der Waals surface area contributed by atoms with Crippen LogP contribution in [-0.2, 0) is 20.0 Å². The highest BCUT2D eigenvalue weighted by Crippen LogP contribution is 2.11. The predicted molar refractivity (Wildman–Crippen MR) is 106 cm³/mol. The molecule has 2 aromatic rings. The van der Waals surface area contributed by atoms with Gasteiger partial charge in [0.05, 0.1) is 9.79 Å². The van der Waals surface area contributed by atoms with Crippen molar-refractivity contribution in [2.24, 2.45) is 0 Å². The van der Waals surface area contributed by atoms with Crippen LogP contribution in [0.2, 0.25) is 0 Å². The number of unbranched alkanes of at least 4 members (excludes halogenated alkanes) is 4. The summed E-state index contributed by atoms with van der Waals surface area (Å²) in [6, 6.07) is 9.24. The predicted octanol–water partition coefficient (Wildman–Crippen LogP) is 3.17. The van der Waals surface area contributed by atoms with E-state index in [2.05, 4.69) is 9.44 Å². The number of benzene rings is 2. The number of halogens is 2. The molecule has 0 radical (unpaired) electrons. The van der Waals surface area contributed by atoms with Gasteiger partial charge in [-0.25, -0.2) is 35.1 Å². The van der Waals surface area contributed by atoms with Crippen LogP contribution < -0.4 is 9.44 Å². The molecule has 2 N–H and O–H groups in total. The molecule has 2 rings (SSSR count). The van der Waals surface area contributed by atoms with Gasteiger partial charge in [0.25, 0.3) is 0 Å². The van der Waals surface area contributed by atoms with E-state index in [1.54, 1.807) is 0 Å². The standard InChI is InChI=1S/C19H24F2N2O4S2/c20-16-6-10-18(11-7-16)28(24,25)22-14-4-2-1-3-5-15-23-29(26,27)19-12-8-17(21)9-13-19/h6-13,22-23H,1-5,14-15H2. The molecule has 0 amide bonds. The van der Waals surface area contributed by atoms with Crippen LogP contribution in [0, 0.1) is 11.6 Å². The first-order valence-electron chi connectivity index (χ1n) is 9.21. The van der Waals surface area contributed by atoms with E-state index in [1.807, 2.05) is 0 Å². The molecule has 0 spiro atoms. The van der Waals surface area contributed by atoms with E-state index in [4.69, 9.17) is 0 Å². The smallest absolute Gasteiger partial charge is 0.211 e. The van der Waals surface area contributed by atoms with Crippen LogP contribution in [0.4, 0.5) is 8.78 Å². The number of nitrogens with one attached hydrogen (secondary N) is 2. The highest BCUT2D eigenvalue weighted by atomic mass is 32.2. The fourth-order valence-corrected chi connectivity index (χ4v) is 4.74. The topological polar surface area (TPSA) is 92.3 Å². The molecule has 29 heavy (non-hydrogen) atoms. The molecule has 0 heterocycles. The second kappa shape index (κ2) is 10.8. The Bertz CT molecular complexity index is 896. The highest BCUT2D eigenvalue weighted by Gasteiger charge is 2.14. The van der Waals surface area contributed by atoms with Crippen LogP contribution in [0.25, 0.3) is 0 Å². The molecule has 10 heteroatoms. The Morgan fingerprint density at radius 3 is 1.21 bits per heavy atom. The average molecular weight is 447 g/mol. The Balaban J connectivity index is 1.58. The van der Waals surface area contributed by atoms with Crippen LogP contribution in [0.15, 0.2) is 58.3 Å². The van der Waals surface area contributed by atoms with Gasteiger partial charge in [-0.05, 0) is 61.4 Å². The summed E-state index contributed by atoms with van der Waals surface area (Å²) >= 11 is 0. The van der Waals surface area contributed by atoms with Crippen LogP contribution >= 0.6 is 0 Å². The first-order chi connectivity index (χ1) is 13.7. The molecule has 0 saturated carbocycles. The third-order valence-corrected chi connectivity index (χ3v) is 7.14. The first kappa shape index (κ1) is 23.4. The minimum atomic E-state index is -3.64. The van der Waals surface area contributed by atoms with Crippen molar-refractivity contribution in [1.29, 1.82) is 0 Å². The maximum Gasteiger partial charge on any atom is 0.240 e. The van der Waals surface area contributed by atoms with Crippen molar-refractivity contribution in [3.63, 3.8) is 0 Å². The number of sulfonamides is 2. The third kappa shape index (κ3) is 7.81. The Kier molecular flexibility index (Phi) is 8.69. The molecule has 0 bridgehead atoms. The zero-order chi connectivity index (χ0) is 21.3. The quantitative estimate of drug-likeness (QED) is 0.490. The summed E-state index contributed by atoms with van der Waals surface area (Å²) in [7, 11) is -7.28.